The van der Waals surface area contributed by atoms with Crippen molar-refractivity contribution in [2.45, 2.75) is 19.4 Å². The van der Waals surface area contributed by atoms with E-state index in [1.807, 2.05) is 31.4 Å². The molecule has 0 spiro atoms. The summed E-state index contributed by atoms with van der Waals surface area (Å²) in [5, 5.41) is 11.1. The SMILES string of the molecule is C[C@@H]1C(=O)N(C)C(N)=N[C@]1(C)c1cc(-c2cc(N)cc(C#N)c2)cs1. The minimum Gasteiger partial charge on any atom is -0.399 e. The number of hydrogen-bond donors (Lipinski definition) is 2. The second-order valence-electron chi connectivity index (χ2n) is 6.39. The van der Waals surface area contributed by atoms with Crippen molar-refractivity contribution in [3.8, 4) is 17.2 Å². The van der Waals surface area contributed by atoms with Crippen LogP contribution in [0, 0.1) is 17.2 Å². The predicted molar refractivity (Wildman–Crippen MR) is 99.8 cm³/mol. The highest BCUT2D eigenvalue weighted by atomic mass is 32.1. The second-order valence-corrected chi connectivity index (χ2v) is 7.30. The lowest BCUT2D eigenvalue weighted by molar-refractivity contribution is -0.133. The Morgan fingerprint density at radius 3 is 2.68 bits per heavy atom. The molecule has 25 heavy (non-hydrogen) atoms. The average Bonchev–Trinajstić information content (AvgIpc) is 3.08. The molecular formula is C18H19N5OS. The smallest absolute Gasteiger partial charge is 0.234 e. The molecule has 0 aliphatic carbocycles. The first-order valence-corrected chi connectivity index (χ1v) is 8.67. The number of nitrogens with zero attached hydrogens (tertiary/aromatic N) is 3. The zero-order valence-electron chi connectivity index (χ0n) is 14.3. The second kappa shape index (κ2) is 5.90. The Balaban J connectivity index is 2.06. The van der Waals surface area contributed by atoms with Gasteiger partial charge >= 0.3 is 0 Å². The van der Waals surface area contributed by atoms with Gasteiger partial charge in [-0.3, -0.25) is 9.69 Å². The number of nitrogens with two attached hydrogens (primary N) is 2. The molecule has 0 radical (unpaired) electrons. The molecule has 0 bridgehead atoms. The number of carbonyl (C=O) groups excluding carboxylic acids is 1. The van der Waals surface area contributed by atoms with E-state index in [-0.39, 0.29) is 17.8 Å². The number of hydrogen-bond acceptors (Lipinski definition) is 6. The van der Waals surface area contributed by atoms with E-state index < -0.39 is 5.54 Å². The van der Waals surface area contributed by atoms with Crippen LogP contribution in [0.3, 0.4) is 0 Å². The average molecular weight is 353 g/mol. The number of nitriles is 1. The molecule has 0 saturated heterocycles. The van der Waals surface area contributed by atoms with Gasteiger partial charge in [0.1, 0.15) is 5.54 Å². The Labute approximate surface area is 150 Å². The maximum atomic E-state index is 12.4. The van der Waals surface area contributed by atoms with Crippen molar-refractivity contribution >= 4 is 28.9 Å². The number of amides is 1. The summed E-state index contributed by atoms with van der Waals surface area (Å²) in [5.74, 6) is -0.163. The first kappa shape index (κ1) is 17.0. The molecular weight excluding hydrogens is 334 g/mol. The van der Waals surface area contributed by atoms with Gasteiger partial charge in [0.05, 0.1) is 17.6 Å². The molecule has 0 saturated carbocycles. The van der Waals surface area contributed by atoms with Crippen LogP contribution >= 0.6 is 11.3 Å². The Morgan fingerprint density at radius 2 is 2.00 bits per heavy atom. The van der Waals surface area contributed by atoms with Crippen LogP contribution < -0.4 is 11.5 Å². The third kappa shape index (κ3) is 2.75. The van der Waals surface area contributed by atoms with Crippen molar-refractivity contribution in [1.82, 2.24) is 4.90 Å². The molecule has 2 atom stereocenters. The lowest BCUT2D eigenvalue weighted by atomic mass is 9.83. The number of rotatable bonds is 2. The molecule has 128 valence electrons. The maximum Gasteiger partial charge on any atom is 0.234 e. The summed E-state index contributed by atoms with van der Waals surface area (Å²) in [6, 6.07) is 9.37. The van der Waals surface area contributed by atoms with E-state index in [0.717, 1.165) is 16.0 Å². The van der Waals surface area contributed by atoms with E-state index in [1.165, 1.54) is 16.2 Å². The van der Waals surface area contributed by atoms with Gasteiger partial charge in [0.15, 0.2) is 5.96 Å². The molecule has 1 aliphatic rings. The molecule has 1 aliphatic heterocycles. The molecule has 3 rings (SSSR count). The van der Waals surface area contributed by atoms with E-state index in [9.17, 15) is 4.79 Å². The Bertz CT molecular complexity index is 926. The number of anilines is 1. The molecule has 1 amide bonds. The number of carbonyl (C=O) groups is 1. The van der Waals surface area contributed by atoms with Gasteiger partial charge in [0.25, 0.3) is 0 Å². The van der Waals surface area contributed by atoms with Crippen molar-refractivity contribution in [1.29, 1.82) is 5.26 Å². The van der Waals surface area contributed by atoms with Gasteiger partial charge in [-0.05, 0) is 47.7 Å². The third-order valence-electron chi connectivity index (χ3n) is 4.75. The van der Waals surface area contributed by atoms with Crippen LogP contribution in [0.4, 0.5) is 5.69 Å². The highest BCUT2D eigenvalue weighted by molar-refractivity contribution is 7.10. The Morgan fingerprint density at radius 1 is 1.28 bits per heavy atom. The highest BCUT2D eigenvalue weighted by Crippen LogP contribution is 2.42. The van der Waals surface area contributed by atoms with E-state index in [4.69, 9.17) is 16.7 Å². The van der Waals surface area contributed by atoms with Gasteiger partial charge in [0, 0.05) is 17.6 Å². The largest absolute Gasteiger partial charge is 0.399 e. The van der Waals surface area contributed by atoms with Gasteiger partial charge in [-0.15, -0.1) is 11.3 Å². The van der Waals surface area contributed by atoms with Crippen molar-refractivity contribution in [3.63, 3.8) is 0 Å². The molecule has 0 fully saturated rings. The van der Waals surface area contributed by atoms with Crippen LogP contribution in [-0.2, 0) is 10.3 Å². The summed E-state index contributed by atoms with van der Waals surface area (Å²) in [7, 11) is 1.63. The topological polar surface area (TPSA) is 108 Å². The quantitative estimate of drug-likeness (QED) is 0.808. The van der Waals surface area contributed by atoms with Crippen LogP contribution in [0.2, 0.25) is 0 Å². The van der Waals surface area contributed by atoms with E-state index in [0.29, 0.717) is 11.3 Å². The molecule has 7 heteroatoms. The zero-order chi connectivity index (χ0) is 18.4. The first-order valence-electron chi connectivity index (χ1n) is 7.79. The molecule has 2 heterocycles. The van der Waals surface area contributed by atoms with E-state index in [2.05, 4.69) is 11.1 Å². The third-order valence-corrected chi connectivity index (χ3v) is 5.91. The minimum absolute atomic E-state index is 0.0549. The monoisotopic (exact) mass is 353 g/mol. The predicted octanol–water partition coefficient (Wildman–Crippen LogP) is 2.51. The summed E-state index contributed by atoms with van der Waals surface area (Å²) < 4.78 is 0. The lowest BCUT2D eigenvalue weighted by Crippen LogP contribution is -2.52. The summed E-state index contributed by atoms with van der Waals surface area (Å²) >= 11 is 1.52. The molecule has 0 unspecified atom stereocenters. The van der Waals surface area contributed by atoms with Crippen LogP contribution in [0.25, 0.3) is 11.1 Å². The Hall–Kier alpha value is -2.85. The zero-order valence-corrected chi connectivity index (χ0v) is 15.1. The summed E-state index contributed by atoms with van der Waals surface area (Å²) in [5.41, 5.74) is 14.0. The normalized spacial score (nSPS) is 23.3. The van der Waals surface area contributed by atoms with Crippen LogP contribution in [0.1, 0.15) is 24.3 Å². The summed E-state index contributed by atoms with van der Waals surface area (Å²) in [6.45, 7) is 3.79. The first-order chi connectivity index (χ1) is 11.8. The molecule has 6 nitrogen and oxygen atoms in total. The van der Waals surface area contributed by atoms with Gasteiger partial charge in [-0.2, -0.15) is 5.26 Å². The van der Waals surface area contributed by atoms with E-state index in [1.54, 1.807) is 19.2 Å². The summed E-state index contributed by atoms with van der Waals surface area (Å²) in [6.07, 6.45) is 0. The number of aliphatic imine (C=N–C) groups is 1. The molecule has 1 aromatic heterocycles. The fourth-order valence-electron chi connectivity index (χ4n) is 2.96. The van der Waals surface area contributed by atoms with Crippen LogP contribution in [0.15, 0.2) is 34.6 Å². The summed E-state index contributed by atoms with van der Waals surface area (Å²) in [4.78, 5) is 19.4. The number of benzene rings is 1. The van der Waals surface area contributed by atoms with Gasteiger partial charge < -0.3 is 11.5 Å². The molecule has 2 aromatic rings. The highest BCUT2D eigenvalue weighted by Gasteiger charge is 2.44. The number of nitrogen functional groups attached to an aromatic ring is 1. The van der Waals surface area contributed by atoms with Crippen molar-refractivity contribution in [2.75, 3.05) is 12.8 Å². The lowest BCUT2D eigenvalue weighted by Gasteiger charge is -2.37. The molecule has 1 aromatic carbocycles. The van der Waals surface area contributed by atoms with Gasteiger partial charge in [-0.25, -0.2) is 4.99 Å². The van der Waals surface area contributed by atoms with Crippen LogP contribution in [0.5, 0.6) is 0 Å². The maximum absolute atomic E-state index is 12.4. The fraction of sp³-hybridized carbons (Fsp3) is 0.278. The Kier molecular flexibility index (Phi) is 4.01. The molecule has 4 N–H and O–H groups in total. The van der Waals surface area contributed by atoms with Crippen molar-refractivity contribution in [2.24, 2.45) is 16.6 Å². The standard InChI is InChI=1S/C18H19N5OS/c1-10-16(24)23(3)17(21)22-18(10,2)15-7-13(9-25-15)12-4-11(8-19)5-14(20)6-12/h4-7,9-10H,20H2,1-3H3,(H2,21,22)/t10-,18+/m1/s1. The van der Waals surface area contributed by atoms with Crippen molar-refractivity contribution in [3.05, 3.63) is 40.1 Å². The van der Waals surface area contributed by atoms with E-state index >= 15 is 0 Å². The number of guanidine groups is 1. The van der Waals surface area contributed by atoms with Crippen LogP contribution in [-0.4, -0.2) is 23.8 Å². The van der Waals surface area contributed by atoms with Gasteiger partial charge in [-0.1, -0.05) is 6.92 Å². The number of thiophene rings is 1. The minimum atomic E-state index is -0.713. The fourth-order valence-corrected chi connectivity index (χ4v) is 4.07. The van der Waals surface area contributed by atoms with Gasteiger partial charge in [0.2, 0.25) is 5.91 Å². The van der Waals surface area contributed by atoms with Crippen molar-refractivity contribution < 1.29 is 4.79 Å².